The molecule has 2 amide bonds. The van der Waals surface area contributed by atoms with Gasteiger partial charge in [0.05, 0.1) is 4.90 Å². The predicted molar refractivity (Wildman–Crippen MR) is 79.5 cm³/mol. The van der Waals surface area contributed by atoms with Crippen LogP contribution in [0.25, 0.3) is 0 Å². The molecule has 1 aromatic carbocycles. The number of carbonyl (C=O) groups excluding carboxylic acids is 1. The zero-order chi connectivity index (χ0) is 15.4. The minimum atomic E-state index is -3.15. The van der Waals surface area contributed by atoms with Crippen molar-refractivity contribution in [3.05, 3.63) is 29.8 Å². The molecule has 0 aliphatic heterocycles. The Kier molecular flexibility index (Phi) is 5.16. The molecule has 2 N–H and O–H groups in total. The molecule has 0 aliphatic rings. The molecule has 112 valence electrons. The summed E-state index contributed by atoms with van der Waals surface area (Å²) in [4.78, 5) is 11.8. The third-order valence-electron chi connectivity index (χ3n) is 2.54. The van der Waals surface area contributed by atoms with Crippen molar-refractivity contribution >= 4 is 15.9 Å². The lowest BCUT2D eigenvalue weighted by Crippen LogP contribution is -2.46. The van der Waals surface area contributed by atoms with Gasteiger partial charge in [0.2, 0.25) is 0 Å². The van der Waals surface area contributed by atoms with Gasteiger partial charge >= 0.3 is 6.03 Å². The highest BCUT2D eigenvalue weighted by Gasteiger charge is 2.12. The van der Waals surface area contributed by atoms with Crippen molar-refractivity contribution in [2.75, 3.05) is 12.8 Å². The number of nitrogens with one attached hydrogen (secondary N) is 2. The highest BCUT2D eigenvalue weighted by molar-refractivity contribution is 7.90. The molecule has 0 heterocycles. The van der Waals surface area contributed by atoms with Crippen molar-refractivity contribution in [3.8, 4) is 0 Å². The largest absolute Gasteiger partial charge is 0.338 e. The topological polar surface area (TPSA) is 75.3 Å². The molecule has 0 fully saturated rings. The van der Waals surface area contributed by atoms with Gasteiger partial charge in [-0.25, -0.2) is 13.2 Å². The van der Waals surface area contributed by atoms with Gasteiger partial charge in [-0.2, -0.15) is 0 Å². The van der Waals surface area contributed by atoms with Crippen molar-refractivity contribution in [1.82, 2.24) is 10.6 Å². The lowest BCUT2D eigenvalue weighted by Gasteiger charge is -2.20. The number of hydrogen-bond acceptors (Lipinski definition) is 3. The van der Waals surface area contributed by atoms with E-state index < -0.39 is 9.84 Å². The molecular weight excluding hydrogens is 276 g/mol. The standard InChI is InChI=1S/C14H22N2O3S/c1-14(2,3)16-13(17)15-10-9-11-5-7-12(8-6-11)20(4,18)19/h5-8H,9-10H2,1-4H3,(H2,15,16,17). The molecule has 0 aromatic heterocycles. The fraction of sp³-hybridized carbons (Fsp3) is 0.500. The van der Waals surface area contributed by atoms with Crippen LogP contribution in [0.5, 0.6) is 0 Å². The summed E-state index contributed by atoms with van der Waals surface area (Å²) >= 11 is 0. The maximum absolute atomic E-state index is 11.5. The van der Waals surface area contributed by atoms with Gasteiger partial charge in [0.1, 0.15) is 0 Å². The molecular formula is C14H22N2O3S. The first kappa shape index (κ1) is 16.5. The van der Waals surface area contributed by atoms with Crippen LogP contribution in [0.4, 0.5) is 4.79 Å². The Bertz CT molecular complexity index is 557. The van der Waals surface area contributed by atoms with Crippen molar-refractivity contribution in [3.63, 3.8) is 0 Å². The summed E-state index contributed by atoms with van der Waals surface area (Å²) in [7, 11) is -3.15. The van der Waals surface area contributed by atoms with E-state index >= 15 is 0 Å². The highest BCUT2D eigenvalue weighted by atomic mass is 32.2. The van der Waals surface area contributed by atoms with E-state index in [4.69, 9.17) is 0 Å². The molecule has 1 rings (SSSR count). The minimum Gasteiger partial charge on any atom is -0.338 e. The molecule has 0 bridgehead atoms. The van der Waals surface area contributed by atoms with E-state index in [1.807, 2.05) is 20.8 Å². The van der Waals surface area contributed by atoms with Crippen molar-refractivity contribution < 1.29 is 13.2 Å². The average Bonchev–Trinajstić information content (AvgIpc) is 2.26. The molecule has 5 nitrogen and oxygen atoms in total. The number of hydrogen-bond donors (Lipinski definition) is 2. The summed E-state index contributed by atoms with van der Waals surface area (Å²) in [6.07, 6.45) is 1.84. The molecule has 0 unspecified atom stereocenters. The SMILES string of the molecule is CC(C)(C)NC(=O)NCCc1ccc(S(C)(=O)=O)cc1. The van der Waals surface area contributed by atoms with Crippen LogP contribution in [0.2, 0.25) is 0 Å². The predicted octanol–water partition coefficient (Wildman–Crippen LogP) is 1.73. The first-order valence-electron chi connectivity index (χ1n) is 6.43. The molecule has 0 aliphatic carbocycles. The van der Waals surface area contributed by atoms with E-state index in [1.54, 1.807) is 24.3 Å². The van der Waals surface area contributed by atoms with E-state index in [-0.39, 0.29) is 11.6 Å². The average molecular weight is 298 g/mol. The van der Waals surface area contributed by atoms with Crippen LogP contribution >= 0.6 is 0 Å². The highest BCUT2D eigenvalue weighted by Crippen LogP contribution is 2.10. The van der Waals surface area contributed by atoms with Crippen LogP contribution in [0, 0.1) is 0 Å². The van der Waals surface area contributed by atoms with Gasteiger partial charge in [0, 0.05) is 18.3 Å². The number of carbonyl (C=O) groups is 1. The van der Waals surface area contributed by atoms with Gasteiger partial charge in [-0.3, -0.25) is 0 Å². The third kappa shape index (κ3) is 6.06. The van der Waals surface area contributed by atoms with Crippen LogP contribution in [0.15, 0.2) is 29.2 Å². The van der Waals surface area contributed by atoms with Crippen molar-refractivity contribution in [2.45, 2.75) is 37.6 Å². The molecule has 6 heteroatoms. The first-order chi connectivity index (χ1) is 9.08. The second-order valence-electron chi connectivity index (χ2n) is 5.80. The van der Waals surface area contributed by atoms with Crippen LogP contribution in [-0.2, 0) is 16.3 Å². The zero-order valence-corrected chi connectivity index (χ0v) is 13.2. The Morgan fingerprint density at radius 3 is 2.15 bits per heavy atom. The van der Waals surface area contributed by atoms with Gasteiger partial charge in [-0.15, -0.1) is 0 Å². The molecule has 0 radical (unpaired) electrons. The van der Waals surface area contributed by atoms with E-state index in [0.717, 1.165) is 5.56 Å². The quantitative estimate of drug-likeness (QED) is 0.889. The summed E-state index contributed by atoms with van der Waals surface area (Å²) in [6.45, 7) is 6.24. The Balaban J connectivity index is 2.45. The third-order valence-corrected chi connectivity index (χ3v) is 3.67. The smallest absolute Gasteiger partial charge is 0.315 e. The molecule has 0 atom stereocenters. The van der Waals surface area contributed by atoms with E-state index in [1.165, 1.54) is 6.26 Å². The second-order valence-corrected chi connectivity index (χ2v) is 7.81. The monoisotopic (exact) mass is 298 g/mol. The maximum atomic E-state index is 11.5. The molecule has 1 aromatic rings. The van der Waals surface area contributed by atoms with Gasteiger partial charge in [0.15, 0.2) is 9.84 Å². The van der Waals surface area contributed by atoms with Crippen molar-refractivity contribution in [2.24, 2.45) is 0 Å². The van der Waals surface area contributed by atoms with Crippen LogP contribution in [-0.4, -0.2) is 32.8 Å². The van der Waals surface area contributed by atoms with Gasteiger partial charge in [-0.05, 0) is 44.9 Å². The van der Waals surface area contributed by atoms with Crippen molar-refractivity contribution in [1.29, 1.82) is 0 Å². The van der Waals surface area contributed by atoms with E-state index in [2.05, 4.69) is 10.6 Å². The van der Waals surface area contributed by atoms with Crippen LogP contribution < -0.4 is 10.6 Å². The van der Waals surface area contributed by atoms with Gasteiger partial charge in [-0.1, -0.05) is 12.1 Å². The number of benzene rings is 1. The molecule has 0 saturated carbocycles. The molecule has 0 spiro atoms. The molecule has 20 heavy (non-hydrogen) atoms. The van der Waals surface area contributed by atoms with Crippen LogP contribution in [0.1, 0.15) is 26.3 Å². The number of rotatable bonds is 4. The Labute approximate surface area is 120 Å². The zero-order valence-electron chi connectivity index (χ0n) is 12.4. The summed E-state index contributed by atoms with van der Waals surface area (Å²) in [5, 5.41) is 5.57. The lowest BCUT2D eigenvalue weighted by atomic mass is 10.1. The fourth-order valence-corrected chi connectivity index (χ4v) is 2.24. The Morgan fingerprint density at radius 1 is 1.15 bits per heavy atom. The first-order valence-corrected chi connectivity index (χ1v) is 8.32. The van der Waals surface area contributed by atoms with Gasteiger partial charge in [0.25, 0.3) is 0 Å². The fourth-order valence-electron chi connectivity index (χ4n) is 1.61. The second kappa shape index (κ2) is 6.26. The number of amides is 2. The number of sulfone groups is 1. The normalized spacial score (nSPS) is 12.0. The maximum Gasteiger partial charge on any atom is 0.315 e. The Morgan fingerprint density at radius 2 is 1.70 bits per heavy atom. The summed E-state index contributed by atoms with van der Waals surface area (Å²) in [5.74, 6) is 0. The summed E-state index contributed by atoms with van der Waals surface area (Å²) in [6, 6.07) is 6.49. The molecule has 0 saturated heterocycles. The lowest BCUT2D eigenvalue weighted by molar-refractivity contribution is 0.232. The van der Waals surface area contributed by atoms with Gasteiger partial charge < -0.3 is 10.6 Å². The Hall–Kier alpha value is -1.56. The summed E-state index contributed by atoms with van der Waals surface area (Å²) < 4.78 is 22.6. The minimum absolute atomic E-state index is 0.203. The van der Waals surface area contributed by atoms with E-state index in [9.17, 15) is 13.2 Å². The van der Waals surface area contributed by atoms with E-state index in [0.29, 0.717) is 17.9 Å². The summed E-state index contributed by atoms with van der Waals surface area (Å²) in [5.41, 5.74) is 0.717. The van der Waals surface area contributed by atoms with Crippen LogP contribution in [0.3, 0.4) is 0 Å². The number of urea groups is 1.